The molecule has 0 aliphatic carbocycles. The Morgan fingerprint density at radius 2 is 2.13 bits per heavy atom. The predicted molar refractivity (Wildman–Crippen MR) is 58.5 cm³/mol. The third-order valence-corrected chi connectivity index (χ3v) is 1.91. The second-order valence-corrected chi connectivity index (χ2v) is 3.94. The van der Waals surface area contributed by atoms with Gasteiger partial charge in [-0.15, -0.1) is 9.79 Å². The lowest BCUT2D eigenvalue weighted by atomic mass is 10.0. The van der Waals surface area contributed by atoms with Crippen LogP contribution >= 0.6 is 8.25 Å². The number of rotatable bonds is 4. The van der Waals surface area contributed by atoms with Crippen LogP contribution in [-0.2, 0) is 11.0 Å². The molecule has 0 saturated heterocycles. The molecule has 0 radical (unpaired) electrons. The van der Waals surface area contributed by atoms with E-state index in [9.17, 15) is 0 Å². The van der Waals surface area contributed by atoms with Crippen molar-refractivity contribution >= 4 is 8.25 Å². The Bertz CT molecular complexity index is 254. The summed E-state index contributed by atoms with van der Waals surface area (Å²) in [7, 11) is -2.87. The molecule has 1 aromatic rings. The third-order valence-electron chi connectivity index (χ3n) is 1.91. The van der Waals surface area contributed by atoms with E-state index in [4.69, 9.17) is 18.8 Å². The summed E-state index contributed by atoms with van der Waals surface area (Å²) in [5.74, 6) is 1.87. The maximum absolute atomic E-state index is 8.70. The van der Waals surface area contributed by atoms with Crippen molar-refractivity contribution in [3.63, 3.8) is 0 Å². The monoisotopic (exact) mass is 233 g/mol. The smallest absolute Gasteiger partial charge is 0.469 e. The van der Waals surface area contributed by atoms with Gasteiger partial charge in [-0.1, -0.05) is 26.7 Å². The van der Waals surface area contributed by atoms with Gasteiger partial charge in [-0.25, -0.2) is 0 Å². The van der Waals surface area contributed by atoms with Gasteiger partial charge in [-0.3, -0.25) is 0 Å². The summed E-state index contributed by atoms with van der Waals surface area (Å²) in [5.41, 5.74) is 0. The summed E-state index contributed by atoms with van der Waals surface area (Å²) in [5, 5.41) is 0. The summed E-state index contributed by atoms with van der Waals surface area (Å²) < 4.78 is 14.0. The topological polar surface area (TPSA) is 70.7 Å². The average Bonchev–Trinajstić information content (AvgIpc) is 2.55. The highest BCUT2D eigenvalue weighted by Gasteiger charge is 2.03. The van der Waals surface area contributed by atoms with Crippen LogP contribution in [0.4, 0.5) is 0 Å². The van der Waals surface area contributed by atoms with Gasteiger partial charge in [0.1, 0.15) is 5.76 Å². The Morgan fingerprint density at radius 3 is 2.53 bits per heavy atom. The largest absolute Gasteiger partial charge is 0.692 e. The first kappa shape index (κ1) is 14.3. The molecule has 0 fully saturated rings. The Hall–Kier alpha value is -0.700. The second-order valence-electron chi connectivity index (χ2n) is 3.43. The molecule has 1 rings (SSSR count). The van der Waals surface area contributed by atoms with Gasteiger partial charge in [0.2, 0.25) is 0 Å². The fourth-order valence-electron chi connectivity index (χ4n) is 1.37. The van der Waals surface area contributed by atoms with E-state index < -0.39 is 8.25 Å². The summed E-state index contributed by atoms with van der Waals surface area (Å²) >= 11 is 0. The summed E-state index contributed by atoms with van der Waals surface area (Å²) in [6.45, 7) is 4.49. The molecule has 1 unspecified atom stereocenters. The third kappa shape index (κ3) is 9.60. The molecule has 1 aromatic heterocycles. The van der Waals surface area contributed by atoms with E-state index in [0.29, 0.717) is 0 Å². The zero-order valence-corrected chi connectivity index (χ0v) is 9.98. The molecule has 5 heteroatoms. The highest BCUT2D eigenvalue weighted by molar-refractivity contribution is 7.30. The summed E-state index contributed by atoms with van der Waals surface area (Å²) in [6.07, 6.45) is 5.39. The molecule has 0 aliphatic rings. The van der Waals surface area contributed by atoms with Gasteiger partial charge in [0.25, 0.3) is 0 Å². The van der Waals surface area contributed by atoms with Crippen LogP contribution in [0.25, 0.3) is 0 Å². The van der Waals surface area contributed by atoms with Crippen LogP contribution in [0.1, 0.15) is 32.4 Å². The molecule has 1 atom stereocenters. The van der Waals surface area contributed by atoms with Crippen molar-refractivity contribution in [3.8, 4) is 0 Å². The Labute approximate surface area is 90.9 Å². The number of furan rings is 1. The van der Waals surface area contributed by atoms with E-state index >= 15 is 0 Å². The van der Waals surface area contributed by atoms with E-state index in [1.807, 2.05) is 12.1 Å². The van der Waals surface area contributed by atoms with Gasteiger partial charge in [0.15, 0.2) is 0 Å². The van der Waals surface area contributed by atoms with Crippen LogP contribution in [0.5, 0.6) is 0 Å². The fourth-order valence-corrected chi connectivity index (χ4v) is 1.37. The average molecular weight is 233 g/mol. The van der Waals surface area contributed by atoms with Crippen LogP contribution in [0.3, 0.4) is 0 Å². The van der Waals surface area contributed by atoms with Crippen molar-refractivity contribution in [2.45, 2.75) is 33.1 Å². The van der Waals surface area contributed by atoms with Crippen molar-refractivity contribution in [2.75, 3.05) is 0 Å². The van der Waals surface area contributed by atoms with Crippen molar-refractivity contribution in [3.05, 3.63) is 24.2 Å². The van der Waals surface area contributed by atoms with Crippen molar-refractivity contribution in [2.24, 2.45) is 5.92 Å². The lowest BCUT2D eigenvalue weighted by molar-refractivity contribution is 0.405. The molecular formula is C10H18O4P+. The minimum atomic E-state index is -2.87. The van der Waals surface area contributed by atoms with Crippen LogP contribution in [0, 0.1) is 5.92 Å². The molecule has 86 valence electrons. The lowest BCUT2D eigenvalue weighted by Crippen LogP contribution is -1.97. The van der Waals surface area contributed by atoms with Crippen molar-refractivity contribution in [1.82, 2.24) is 0 Å². The van der Waals surface area contributed by atoms with E-state index in [0.717, 1.165) is 18.1 Å². The van der Waals surface area contributed by atoms with Crippen molar-refractivity contribution < 1.29 is 18.8 Å². The van der Waals surface area contributed by atoms with Crippen LogP contribution in [-0.4, -0.2) is 9.79 Å². The maximum atomic E-state index is 8.70. The van der Waals surface area contributed by atoms with Gasteiger partial charge in [-0.05, 0) is 18.1 Å². The van der Waals surface area contributed by atoms with E-state index in [-0.39, 0.29) is 0 Å². The summed E-state index contributed by atoms with van der Waals surface area (Å²) in [4.78, 5) is 14.2. The highest BCUT2D eigenvalue weighted by atomic mass is 31.1. The molecule has 0 aromatic carbocycles. The normalized spacial score (nSPS) is 11.5. The molecule has 2 N–H and O–H groups in total. The minimum Gasteiger partial charge on any atom is -0.469 e. The van der Waals surface area contributed by atoms with Gasteiger partial charge in [0.05, 0.1) is 6.26 Å². The molecule has 1 heterocycles. The Balaban J connectivity index is 0.000000423. The first-order valence-corrected chi connectivity index (χ1v) is 6.10. The molecule has 0 saturated carbocycles. The van der Waals surface area contributed by atoms with Crippen LogP contribution < -0.4 is 0 Å². The molecule has 0 aliphatic heterocycles. The van der Waals surface area contributed by atoms with Crippen LogP contribution in [0.2, 0.25) is 0 Å². The zero-order chi connectivity index (χ0) is 11.7. The first-order valence-electron chi connectivity index (χ1n) is 4.93. The standard InChI is InChI=1S/C10H16O.HO3P/c1-3-5-9(2)8-10-6-4-7-11-10;1-4(2)3/h4,6-7,9H,3,5,8H2,1-2H3;(H-,1,2,3)/p+1. The SMILES string of the molecule is CCCC(C)Cc1ccco1.O=[P+](O)O. The number of hydrogen-bond acceptors (Lipinski definition) is 2. The van der Waals surface area contributed by atoms with Gasteiger partial charge in [-0.2, -0.15) is 0 Å². The lowest BCUT2D eigenvalue weighted by Gasteiger charge is -2.06. The molecule has 0 spiro atoms. The van der Waals surface area contributed by atoms with Crippen LogP contribution in [0.15, 0.2) is 22.8 Å². The van der Waals surface area contributed by atoms with E-state index in [1.54, 1.807) is 6.26 Å². The maximum Gasteiger partial charge on any atom is 0.692 e. The second kappa shape index (κ2) is 8.60. The molecule has 0 amide bonds. The molecule has 0 bridgehead atoms. The highest BCUT2D eigenvalue weighted by Crippen LogP contribution is 2.13. The minimum absolute atomic E-state index is 0.756. The Kier molecular flexibility index (Phi) is 8.19. The molecular weight excluding hydrogens is 215 g/mol. The number of hydrogen-bond donors (Lipinski definition) is 2. The molecule has 4 nitrogen and oxygen atoms in total. The quantitative estimate of drug-likeness (QED) is 0.784. The van der Waals surface area contributed by atoms with E-state index in [2.05, 4.69) is 13.8 Å². The van der Waals surface area contributed by atoms with Gasteiger partial charge >= 0.3 is 8.25 Å². The molecule has 15 heavy (non-hydrogen) atoms. The van der Waals surface area contributed by atoms with Crippen molar-refractivity contribution in [1.29, 1.82) is 0 Å². The van der Waals surface area contributed by atoms with Gasteiger partial charge < -0.3 is 4.42 Å². The Morgan fingerprint density at radius 1 is 1.53 bits per heavy atom. The zero-order valence-electron chi connectivity index (χ0n) is 9.09. The summed E-state index contributed by atoms with van der Waals surface area (Å²) in [6, 6.07) is 4.00. The predicted octanol–water partition coefficient (Wildman–Crippen LogP) is 2.89. The first-order chi connectivity index (χ1) is 7.06. The van der Waals surface area contributed by atoms with E-state index in [1.165, 1.54) is 12.8 Å². The van der Waals surface area contributed by atoms with Gasteiger partial charge in [0, 0.05) is 11.0 Å². The fraction of sp³-hybridized carbons (Fsp3) is 0.600.